The lowest BCUT2D eigenvalue weighted by Gasteiger charge is -2.27. The molecule has 0 bridgehead atoms. The van der Waals surface area contributed by atoms with Crippen molar-refractivity contribution in [3.8, 4) is 0 Å². The maximum Gasteiger partial charge on any atom is 0.322 e. The van der Waals surface area contributed by atoms with Crippen LogP contribution in [0.2, 0.25) is 0 Å². The quantitative estimate of drug-likeness (QED) is 0.832. The number of urea groups is 1. The minimum atomic E-state index is 0.0335. The van der Waals surface area contributed by atoms with E-state index in [1.165, 1.54) is 18.4 Å². The molecule has 2 aliphatic heterocycles. The Bertz CT molecular complexity index is 440. The third-order valence-corrected chi connectivity index (χ3v) is 3.82. The molecule has 0 aromatic heterocycles. The van der Waals surface area contributed by atoms with E-state index in [-0.39, 0.29) is 6.03 Å². The highest BCUT2D eigenvalue weighted by Gasteiger charge is 2.26. The first-order valence-corrected chi connectivity index (χ1v) is 6.71. The molecule has 2 N–H and O–H groups in total. The van der Waals surface area contributed by atoms with Crippen molar-refractivity contribution in [1.82, 2.24) is 10.6 Å². The van der Waals surface area contributed by atoms with Gasteiger partial charge in [0.25, 0.3) is 0 Å². The van der Waals surface area contributed by atoms with Crippen molar-refractivity contribution < 1.29 is 4.79 Å². The summed E-state index contributed by atoms with van der Waals surface area (Å²) in [5, 5.41) is 6.31. The molecule has 1 atom stereocenters. The summed E-state index contributed by atoms with van der Waals surface area (Å²) in [6.07, 6.45) is 2.42. The number of carbonyl (C=O) groups is 1. The van der Waals surface area contributed by atoms with E-state index in [1.54, 1.807) is 0 Å². The van der Waals surface area contributed by atoms with Gasteiger partial charge in [-0.05, 0) is 36.9 Å². The van der Waals surface area contributed by atoms with Gasteiger partial charge in [-0.3, -0.25) is 4.90 Å². The number of piperidine rings is 1. The Morgan fingerprint density at radius 2 is 2.11 bits per heavy atom. The van der Waals surface area contributed by atoms with Crippen LogP contribution in [0.5, 0.6) is 0 Å². The van der Waals surface area contributed by atoms with Gasteiger partial charge < -0.3 is 10.6 Å². The zero-order valence-corrected chi connectivity index (χ0v) is 10.5. The van der Waals surface area contributed by atoms with Crippen LogP contribution >= 0.6 is 0 Å². The van der Waals surface area contributed by atoms with E-state index in [9.17, 15) is 4.79 Å². The molecule has 1 aromatic rings. The highest BCUT2D eigenvalue weighted by Crippen LogP contribution is 2.32. The Morgan fingerprint density at radius 3 is 2.83 bits per heavy atom. The summed E-state index contributed by atoms with van der Waals surface area (Å²) in [7, 11) is 0. The van der Waals surface area contributed by atoms with Crippen LogP contribution in [0.1, 0.15) is 24.3 Å². The largest absolute Gasteiger partial charge is 0.336 e. The molecule has 0 spiro atoms. The molecule has 96 valence electrons. The standard InChI is InChI=1S/C14H19N3O/c18-14-16-8-9-17(14)13-6-2-1-5-12(13)11-4-3-7-15-10-11/h1-2,5-6,11,15H,3-4,7-10H2,(H,16,18). The van der Waals surface area contributed by atoms with Crippen molar-refractivity contribution in [2.75, 3.05) is 31.1 Å². The van der Waals surface area contributed by atoms with Crippen LogP contribution in [0.3, 0.4) is 0 Å². The molecule has 3 rings (SSSR count). The number of hydrogen-bond acceptors (Lipinski definition) is 2. The number of carbonyl (C=O) groups excluding carboxylic acids is 1. The number of amides is 2. The number of benzene rings is 1. The Hall–Kier alpha value is -1.55. The Morgan fingerprint density at radius 1 is 1.22 bits per heavy atom. The third kappa shape index (κ3) is 2.08. The van der Waals surface area contributed by atoms with E-state index < -0.39 is 0 Å². The van der Waals surface area contributed by atoms with Crippen molar-refractivity contribution in [2.24, 2.45) is 0 Å². The number of anilines is 1. The molecule has 0 saturated carbocycles. The van der Waals surface area contributed by atoms with Gasteiger partial charge in [0.1, 0.15) is 0 Å². The molecule has 1 unspecified atom stereocenters. The van der Waals surface area contributed by atoms with Gasteiger partial charge in [-0.15, -0.1) is 0 Å². The fourth-order valence-electron chi connectivity index (χ4n) is 2.90. The fraction of sp³-hybridized carbons (Fsp3) is 0.500. The summed E-state index contributed by atoms with van der Waals surface area (Å²) < 4.78 is 0. The topological polar surface area (TPSA) is 44.4 Å². The van der Waals surface area contributed by atoms with Crippen LogP contribution in [0.4, 0.5) is 10.5 Å². The molecule has 4 nitrogen and oxygen atoms in total. The van der Waals surface area contributed by atoms with Gasteiger partial charge in [0.05, 0.1) is 0 Å². The minimum Gasteiger partial charge on any atom is -0.336 e. The summed E-state index contributed by atoms with van der Waals surface area (Å²) in [6.45, 7) is 3.65. The minimum absolute atomic E-state index is 0.0335. The van der Waals surface area contributed by atoms with E-state index in [0.29, 0.717) is 5.92 Å². The summed E-state index contributed by atoms with van der Waals surface area (Å²) in [4.78, 5) is 13.7. The predicted octanol–water partition coefficient (Wildman–Crippen LogP) is 1.68. The number of hydrogen-bond donors (Lipinski definition) is 2. The molecule has 2 fully saturated rings. The summed E-state index contributed by atoms with van der Waals surface area (Å²) >= 11 is 0. The first-order chi connectivity index (χ1) is 8.86. The average molecular weight is 245 g/mol. The molecule has 2 aliphatic rings. The monoisotopic (exact) mass is 245 g/mol. The van der Waals surface area contributed by atoms with Gasteiger partial charge in [0.2, 0.25) is 0 Å². The maximum absolute atomic E-state index is 11.8. The van der Waals surface area contributed by atoms with Crippen molar-refractivity contribution in [3.05, 3.63) is 29.8 Å². The first-order valence-electron chi connectivity index (χ1n) is 6.71. The number of para-hydroxylation sites is 1. The fourth-order valence-corrected chi connectivity index (χ4v) is 2.90. The second kappa shape index (κ2) is 4.98. The SMILES string of the molecule is O=C1NCCN1c1ccccc1C1CCCNC1. The van der Waals surface area contributed by atoms with E-state index in [4.69, 9.17) is 0 Å². The van der Waals surface area contributed by atoms with E-state index >= 15 is 0 Å². The van der Waals surface area contributed by atoms with Crippen LogP contribution in [0, 0.1) is 0 Å². The Balaban J connectivity index is 1.91. The van der Waals surface area contributed by atoms with E-state index in [0.717, 1.165) is 31.9 Å². The van der Waals surface area contributed by atoms with Gasteiger partial charge in [-0.1, -0.05) is 18.2 Å². The zero-order chi connectivity index (χ0) is 12.4. The molecule has 0 aliphatic carbocycles. The van der Waals surface area contributed by atoms with Crippen LogP contribution in [-0.4, -0.2) is 32.2 Å². The Kier molecular flexibility index (Phi) is 3.19. The highest BCUT2D eigenvalue weighted by molar-refractivity contribution is 5.94. The van der Waals surface area contributed by atoms with Gasteiger partial charge in [0, 0.05) is 25.3 Å². The second-order valence-corrected chi connectivity index (χ2v) is 4.99. The maximum atomic E-state index is 11.8. The van der Waals surface area contributed by atoms with Crippen molar-refractivity contribution in [3.63, 3.8) is 0 Å². The van der Waals surface area contributed by atoms with E-state index in [2.05, 4.69) is 28.8 Å². The molecule has 2 amide bonds. The molecular weight excluding hydrogens is 226 g/mol. The summed E-state index contributed by atoms with van der Waals surface area (Å²) in [6, 6.07) is 8.35. The lowest BCUT2D eigenvalue weighted by Crippen LogP contribution is -2.32. The summed E-state index contributed by atoms with van der Waals surface area (Å²) in [5.74, 6) is 0.531. The first kappa shape index (κ1) is 11.5. The van der Waals surface area contributed by atoms with Gasteiger partial charge in [-0.2, -0.15) is 0 Å². The lowest BCUT2D eigenvalue weighted by molar-refractivity contribution is 0.252. The average Bonchev–Trinajstić information content (AvgIpc) is 2.86. The molecule has 2 heterocycles. The van der Waals surface area contributed by atoms with Crippen molar-refractivity contribution >= 4 is 11.7 Å². The molecule has 1 aromatic carbocycles. The zero-order valence-electron chi connectivity index (χ0n) is 10.5. The van der Waals surface area contributed by atoms with Gasteiger partial charge >= 0.3 is 6.03 Å². The van der Waals surface area contributed by atoms with E-state index in [1.807, 2.05) is 11.0 Å². The normalized spacial score (nSPS) is 24.1. The van der Waals surface area contributed by atoms with Gasteiger partial charge in [-0.25, -0.2) is 4.79 Å². The van der Waals surface area contributed by atoms with Crippen LogP contribution in [0.25, 0.3) is 0 Å². The number of rotatable bonds is 2. The van der Waals surface area contributed by atoms with Crippen molar-refractivity contribution in [2.45, 2.75) is 18.8 Å². The van der Waals surface area contributed by atoms with Crippen LogP contribution in [0.15, 0.2) is 24.3 Å². The molecule has 0 radical (unpaired) electrons. The summed E-state index contributed by atoms with van der Waals surface area (Å²) in [5.41, 5.74) is 2.39. The molecular formula is C14H19N3O. The number of nitrogens with zero attached hydrogens (tertiary/aromatic N) is 1. The van der Waals surface area contributed by atoms with Gasteiger partial charge in [0.15, 0.2) is 0 Å². The molecule has 18 heavy (non-hydrogen) atoms. The third-order valence-electron chi connectivity index (χ3n) is 3.82. The lowest BCUT2D eigenvalue weighted by atomic mass is 9.90. The molecule has 4 heteroatoms. The number of nitrogens with one attached hydrogen (secondary N) is 2. The smallest absolute Gasteiger partial charge is 0.322 e. The highest BCUT2D eigenvalue weighted by atomic mass is 16.2. The second-order valence-electron chi connectivity index (χ2n) is 4.99. The van der Waals surface area contributed by atoms with Crippen LogP contribution < -0.4 is 15.5 Å². The predicted molar refractivity (Wildman–Crippen MR) is 72.0 cm³/mol. The molecule has 2 saturated heterocycles. The Labute approximate surface area is 107 Å². The van der Waals surface area contributed by atoms with Crippen LogP contribution in [-0.2, 0) is 0 Å². The van der Waals surface area contributed by atoms with Crippen molar-refractivity contribution in [1.29, 1.82) is 0 Å².